The molecule has 2 aromatic carbocycles. The highest BCUT2D eigenvalue weighted by Gasteiger charge is 2.17. The molecule has 0 spiro atoms. The summed E-state index contributed by atoms with van der Waals surface area (Å²) in [7, 11) is 1.37. The molecule has 2 N–H and O–H groups in total. The minimum atomic E-state index is -0.819. The number of benzene rings is 2. The van der Waals surface area contributed by atoms with E-state index in [1.807, 2.05) is 0 Å². The van der Waals surface area contributed by atoms with Gasteiger partial charge in [-0.2, -0.15) is 0 Å². The van der Waals surface area contributed by atoms with Crippen LogP contribution in [0.4, 0.5) is 8.78 Å². The van der Waals surface area contributed by atoms with Crippen molar-refractivity contribution in [3.63, 3.8) is 0 Å². The predicted molar refractivity (Wildman–Crippen MR) is 78.1 cm³/mol. The Morgan fingerprint density at radius 3 is 2.50 bits per heavy atom. The molecular formula is C14H11BrClF2NO. The highest BCUT2D eigenvalue weighted by atomic mass is 79.9. The van der Waals surface area contributed by atoms with Gasteiger partial charge in [0, 0.05) is 10.0 Å². The van der Waals surface area contributed by atoms with Gasteiger partial charge in [0.25, 0.3) is 0 Å². The summed E-state index contributed by atoms with van der Waals surface area (Å²) in [6.07, 6.45) is 0. The van der Waals surface area contributed by atoms with E-state index in [1.54, 1.807) is 6.07 Å². The molecule has 20 heavy (non-hydrogen) atoms. The third-order valence-electron chi connectivity index (χ3n) is 2.91. The van der Waals surface area contributed by atoms with Gasteiger partial charge in [-0.3, -0.25) is 0 Å². The quantitative estimate of drug-likeness (QED) is 0.820. The maximum Gasteiger partial charge on any atom is 0.165 e. The normalized spacial score (nSPS) is 12.3. The van der Waals surface area contributed by atoms with E-state index in [4.69, 9.17) is 22.1 Å². The first-order valence-electron chi connectivity index (χ1n) is 5.67. The molecule has 0 heterocycles. The van der Waals surface area contributed by atoms with Gasteiger partial charge in [-0.25, -0.2) is 8.78 Å². The zero-order valence-electron chi connectivity index (χ0n) is 10.5. The molecule has 106 valence electrons. The van der Waals surface area contributed by atoms with E-state index in [0.29, 0.717) is 15.1 Å². The second kappa shape index (κ2) is 6.08. The number of methoxy groups -OCH3 is 1. The fraction of sp³-hybridized carbons (Fsp3) is 0.143. The molecule has 0 aliphatic carbocycles. The first-order chi connectivity index (χ1) is 9.43. The molecule has 2 rings (SSSR count). The van der Waals surface area contributed by atoms with Crippen molar-refractivity contribution in [2.45, 2.75) is 6.04 Å². The van der Waals surface area contributed by atoms with Crippen LogP contribution in [0.25, 0.3) is 0 Å². The molecule has 0 saturated heterocycles. The molecule has 0 aliphatic heterocycles. The van der Waals surface area contributed by atoms with Crippen LogP contribution in [-0.4, -0.2) is 7.11 Å². The maximum atomic E-state index is 13.9. The summed E-state index contributed by atoms with van der Waals surface area (Å²) in [5, 5.41) is 0.339. The zero-order chi connectivity index (χ0) is 14.9. The van der Waals surface area contributed by atoms with E-state index in [2.05, 4.69) is 15.9 Å². The summed E-state index contributed by atoms with van der Waals surface area (Å²) >= 11 is 9.06. The Labute approximate surface area is 128 Å². The number of hydrogen-bond acceptors (Lipinski definition) is 2. The SMILES string of the molecule is COc1ccc(C(N)c2cc(Cl)c(Br)cc2F)cc1F. The van der Waals surface area contributed by atoms with Crippen LogP contribution in [0.1, 0.15) is 17.2 Å². The summed E-state index contributed by atoms with van der Waals surface area (Å²) < 4.78 is 32.9. The van der Waals surface area contributed by atoms with Crippen LogP contribution >= 0.6 is 27.5 Å². The largest absolute Gasteiger partial charge is 0.494 e. The fourth-order valence-electron chi connectivity index (χ4n) is 1.83. The van der Waals surface area contributed by atoms with Gasteiger partial charge in [0.1, 0.15) is 5.82 Å². The number of halogens is 4. The Hall–Kier alpha value is -1.17. The molecule has 0 aliphatic rings. The summed E-state index contributed by atoms with van der Waals surface area (Å²) in [6.45, 7) is 0. The van der Waals surface area contributed by atoms with Crippen molar-refractivity contribution >= 4 is 27.5 Å². The van der Waals surface area contributed by atoms with Gasteiger partial charge in [-0.15, -0.1) is 0 Å². The van der Waals surface area contributed by atoms with Crippen molar-refractivity contribution in [2.75, 3.05) is 7.11 Å². The lowest BCUT2D eigenvalue weighted by atomic mass is 9.99. The molecule has 1 atom stereocenters. The second-order valence-corrected chi connectivity index (χ2v) is 5.42. The molecule has 0 aromatic heterocycles. The topological polar surface area (TPSA) is 35.2 Å². The van der Waals surface area contributed by atoms with E-state index >= 15 is 0 Å². The monoisotopic (exact) mass is 361 g/mol. The van der Waals surface area contributed by atoms with E-state index in [0.717, 1.165) is 0 Å². The first-order valence-corrected chi connectivity index (χ1v) is 6.84. The minimum absolute atomic E-state index is 0.107. The van der Waals surface area contributed by atoms with E-state index in [-0.39, 0.29) is 11.3 Å². The molecule has 0 fully saturated rings. The zero-order valence-corrected chi connectivity index (χ0v) is 12.8. The van der Waals surface area contributed by atoms with Gasteiger partial charge in [-0.1, -0.05) is 17.7 Å². The molecule has 0 amide bonds. The molecule has 0 saturated carbocycles. The fourth-order valence-corrected chi connectivity index (χ4v) is 2.32. The standard InChI is InChI=1S/C14H11BrClF2NO/c1-20-13-3-2-7(4-12(13)18)14(19)8-5-10(16)9(15)6-11(8)17/h2-6,14H,19H2,1H3. The lowest BCUT2D eigenvalue weighted by molar-refractivity contribution is 0.386. The van der Waals surface area contributed by atoms with Gasteiger partial charge in [0.05, 0.1) is 18.2 Å². The van der Waals surface area contributed by atoms with Crippen molar-refractivity contribution in [1.82, 2.24) is 0 Å². The number of nitrogens with two attached hydrogens (primary N) is 1. The average Bonchev–Trinajstić information content (AvgIpc) is 2.42. The second-order valence-electron chi connectivity index (χ2n) is 4.16. The molecule has 0 radical (unpaired) electrons. The van der Waals surface area contributed by atoms with E-state index < -0.39 is 17.7 Å². The average molecular weight is 363 g/mol. The summed E-state index contributed by atoms with van der Waals surface area (Å²) in [5.74, 6) is -0.954. The molecule has 2 nitrogen and oxygen atoms in total. The van der Waals surface area contributed by atoms with Crippen LogP contribution in [0, 0.1) is 11.6 Å². The van der Waals surface area contributed by atoms with Crippen molar-refractivity contribution in [2.24, 2.45) is 5.73 Å². The Bertz CT molecular complexity index is 651. The van der Waals surface area contributed by atoms with Crippen molar-refractivity contribution in [3.05, 3.63) is 62.6 Å². The van der Waals surface area contributed by atoms with Crippen LogP contribution < -0.4 is 10.5 Å². The van der Waals surface area contributed by atoms with Crippen LogP contribution in [0.3, 0.4) is 0 Å². The third-order valence-corrected chi connectivity index (χ3v) is 4.11. The van der Waals surface area contributed by atoms with Gasteiger partial charge in [0.2, 0.25) is 0 Å². The smallest absolute Gasteiger partial charge is 0.165 e. The molecule has 6 heteroatoms. The van der Waals surface area contributed by atoms with Gasteiger partial charge in [0.15, 0.2) is 11.6 Å². The Kier molecular flexibility index (Phi) is 4.62. The van der Waals surface area contributed by atoms with Crippen molar-refractivity contribution in [1.29, 1.82) is 0 Å². The summed E-state index contributed by atoms with van der Waals surface area (Å²) in [5.41, 5.74) is 6.60. The van der Waals surface area contributed by atoms with Gasteiger partial charge in [-0.05, 0) is 45.8 Å². The van der Waals surface area contributed by atoms with Crippen LogP contribution in [0.2, 0.25) is 5.02 Å². The van der Waals surface area contributed by atoms with Gasteiger partial charge >= 0.3 is 0 Å². The van der Waals surface area contributed by atoms with E-state index in [9.17, 15) is 8.78 Å². The Balaban J connectivity index is 2.43. The van der Waals surface area contributed by atoms with Crippen LogP contribution in [-0.2, 0) is 0 Å². The third kappa shape index (κ3) is 2.95. The van der Waals surface area contributed by atoms with Crippen molar-refractivity contribution < 1.29 is 13.5 Å². The van der Waals surface area contributed by atoms with E-state index in [1.165, 1.54) is 31.4 Å². The molecule has 2 aromatic rings. The molecular weight excluding hydrogens is 352 g/mol. The number of rotatable bonds is 3. The van der Waals surface area contributed by atoms with Gasteiger partial charge < -0.3 is 10.5 Å². The Morgan fingerprint density at radius 2 is 1.90 bits per heavy atom. The number of ether oxygens (including phenoxy) is 1. The first kappa shape index (κ1) is 15.2. The lowest BCUT2D eigenvalue weighted by Crippen LogP contribution is -2.14. The van der Waals surface area contributed by atoms with Crippen molar-refractivity contribution in [3.8, 4) is 5.75 Å². The highest BCUT2D eigenvalue weighted by Crippen LogP contribution is 2.31. The molecule has 1 unspecified atom stereocenters. The number of hydrogen-bond donors (Lipinski definition) is 1. The van der Waals surface area contributed by atoms with Crippen LogP contribution in [0.5, 0.6) is 5.75 Å². The Morgan fingerprint density at radius 1 is 1.20 bits per heavy atom. The molecule has 0 bridgehead atoms. The summed E-state index contributed by atoms with van der Waals surface area (Å²) in [4.78, 5) is 0. The summed E-state index contributed by atoms with van der Waals surface area (Å²) in [6, 6.07) is 6.09. The van der Waals surface area contributed by atoms with Crippen LogP contribution in [0.15, 0.2) is 34.8 Å². The minimum Gasteiger partial charge on any atom is -0.494 e. The highest BCUT2D eigenvalue weighted by molar-refractivity contribution is 9.10. The predicted octanol–water partition coefficient (Wildman–Crippen LogP) is 4.44. The maximum absolute atomic E-state index is 13.9. The lowest BCUT2D eigenvalue weighted by Gasteiger charge is -2.15.